The fraction of sp³-hybridized carbons (Fsp3) is 0.256. The number of unbranched alkanes of at least 4 members (excludes halogenated alkanes) is 3. The van der Waals surface area contributed by atoms with Gasteiger partial charge in [-0.1, -0.05) is 79.8 Å². The Hall–Kier alpha value is -4.95. The highest BCUT2D eigenvalue weighted by molar-refractivity contribution is 7.22. The summed E-state index contributed by atoms with van der Waals surface area (Å²) in [5.74, 6) is 1.20. The molecule has 0 fully saturated rings. The van der Waals surface area contributed by atoms with Gasteiger partial charge in [0.1, 0.15) is 18.1 Å². The van der Waals surface area contributed by atoms with Crippen molar-refractivity contribution in [2.75, 3.05) is 18.6 Å². The van der Waals surface area contributed by atoms with Gasteiger partial charge in [-0.2, -0.15) is 5.10 Å². The number of carbonyl (C=O) groups is 1. The van der Waals surface area contributed by atoms with Crippen molar-refractivity contribution in [2.45, 2.75) is 52.1 Å². The molecule has 242 valence electrons. The molecule has 0 bridgehead atoms. The Kier molecular flexibility index (Phi) is 12.6. The molecule has 1 N–H and O–H groups in total. The zero-order valence-electron chi connectivity index (χ0n) is 26.8. The molecule has 0 aliphatic rings. The van der Waals surface area contributed by atoms with Crippen molar-refractivity contribution in [1.82, 2.24) is 4.98 Å². The third kappa shape index (κ3) is 10.3. The molecule has 7 nitrogen and oxygen atoms in total. The number of fused-ring (bicyclic) bond motifs is 1. The summed E-state index contributed by atoms with van der Waals surface area (Å²) in [4.78, 5) is 15.7. The maximum atomic E-state index is 11.1. The molecule has 0 saturated carbocycles. The molecule has 0 radical (unpaired) electrons. The Bertz CT molecular complexity index is 1730. The van der Waals surface area contributed by atoms with Crippen LogP contribution in [-0.2, 0) is 22.6 Å². The lowest BCUT2D eigenvalue weighted by Crippen LogP contribution is -2.02. The first-order chi connectivity index (χ1) is 23.1. The summed E-state index contributed by atoms with van der Waals surface area (Å²) in [5, 5.41) is 5.30. The summed E-state index contributed by atoms with van der Waals surface area (Å²) < 4.78 is 18.2. The zero-order valence-corrected chi connectivity index (χ0v) is 27.6. The summed E-state index contributed by atoms with van der Waals surface area (Å²) in [5.41, 5.74) is 9.68. The van der Waals surface area contributed by atoms with E-state index in [4.69, 9.17) is 14.2 Å². The first kappa shape index (κ1) is 33.4. The number of hydrazone groups is 1. The summed E-state index contributed by atoms with van der Waals surface area (Å²) in [6.45, 7) is 7.05. The molecule has 0 amide bonds. The number of nitrogens with one attached hydrogen (secondary N) is 1. The fourth-order valence-corrected chi connectivity index (χ4v) is 5.84. The van der Waals surface area contributed by atoms with Crippen molar-refractivity contribution in [3.8, 4) is 22.6 Å². The monoisotopic (exact) mass is 647 g/mol. The molecule has 0 aliphatic heterocycles. The van der Waals surface area contributed by atoms with Crippen molar-refractivity contribution in [2.24, 2.45) is 5.10 Å². The average Bonchev–Trinajstić information content (AvgIpc) is 3.52. The second kappa shape index (κ2) is 17.7. The van der Waals surface area contributed by atoms with Crippen LogP contribution in [0.4, 0.5) is 5.13 Å². The van der Waals surface area contributed by atoms with E-state index in [9.17, 15) is 4.79 Å². The number of esters is 1. The van der Waals surface area contributed by atoms with Crippen LogP contribution >= 0.6 is 11.3 Å². The van der Waals surface area contributed by atoms with Gasteiger partial charge < -0.3 is 14.2 Å². The molecule has 0 atom stereocenters. The van der Waals surface area contributed by atoms with Gasteiger partial charge in [0, 0.05) is 11.6 Å². The van der Waals surface area contributed by atoms with Gasteiger partial charge in [0.05, 0.1) is 29.6 Å². The molecule has 1 aromatic heterocycles. The Labute approximate surface area is 280 Å². The topological polar surface area (TPSA) is 82.0 Å². The number of ether oxygens (including phenoxy) is 3. The predicted molar refractivity (Wildman–Crippen MR) is 193 cm³/mol. The van der Waals surface area contributed by atoms with Crippen molar-refractivity contribution in [1.29, 1.82) is 0 Å². The van der Waals surface area contributed by atoms with Crippen LogP contribution in [0.2, 0.25) is 0 Å². The Morgan fingerprint density at radius 3 is 2.34 bits per heavy atom. The van der Waals surface area contributed by atoms with Crippen molar-refractivity contribution >= 4 is 38.9 Å². The van der Waals surface area contributed by atoms with Crippen LogP contribution in [0.5, 0.6) is 11.5 Å². The van der Waals surface area contributed by atoms with Crippen LogP contribution < -0.4 is 14.9 Å². The van der Waals surface area contributed by atoms with E-state index in [1.165, 1.54) is 11.6 Å². The van der Waals surface area contributed by atoms with E-state index in [0.717, 1.165) is 87.6 Å². The smallest absolute Gasteiger partial charge is 0.330 e. The number of carbonyl (C=O) groups excluding carboxylic acids is 1. The minimum absolute atomic E-state index is 0.370. The summed E-state index contributed by atoms with van der Waals surface area (Å²) in [7, 11) is 0. The Morgan fingerprint density at radius 2 is 1.60 bits per heavy atom. The number of rotatable bonds is 18. The van der Waals surface area contributed by atoms with Crippen LogP contribution in [0.15, 0.2) is 109 Å². The highest BCUT2D eigenvalue weighted by Crippen LogP contribution is 2.27. The van der Waals surface area contributed by atoms with Crippen LogP contribution in [0.1, 0.15) is 55.7 Å². The number of thiazole rings is 1. The molecule has 0 spiro atoms. The molecule has 5 aromatic rings. The number of aryl methyl sites for hydroxylation is 1. The average molecular weight is 648 g/mol. The summed E-state index contributed by atoms with van der Waals surface area (Å²) >= 11 is 1.57. The normalized spacial score (nSPS) is 11.1. The van der Waals surface area contributed by atoms with E-state index in [1.807, 2.05) is 48.7 Å². The van der Waals surface area contributed by atoms with Gasteiger partial charge >= 0.3 is 5.97 Å². The van der Waals surface area contributed by atoms with Crippen LogP contribution in [-0.4, -0.2) is 30.4 Å². The molecule has 8 heteroatoms. The van der Waals surface area contributed by atoms with E-state index < -0.39 is 0 Å². The molecular weight excluding hydrogens is 607 g/mol. The molecular formula is C39H41N3O4S. The van der Waals surface area contributed by atoms with E-state index >= 15 is 0 Å². The maximum Gasteiger partial charge on any atom is 0.330 e. The number of nitrogens with zero attached hydrogens (tertiary/aromatic N) is 2. The lowest BCUT2D eigenvalue weighted by molar-refractivity contribution is -0.137. The minimum atomic E-state index is -0.370. The third-order valence-electron chi connectivity index (χ3n) is 7.57. The van der Waals surface area contributed by atoms with Crippen LogP contribution in [0.3, 0.4) is 0 Å². The quantitative estimate of drug-likeness (QED) is 0.0335. The van der Waals surface area contributed by atoms with Gasteiger partial charge in [-0.15, -0.1) is 0 Å². The van der Waals surface area contributed by atoms with Crippen LogP contribution in [0.25, 0.3) is 21.3 Å². The second-order valence-corrected chi connectivity index (χ2v) is 12.1. The largest absolute Gasteiger partial charge is 0.494 e. The van der Waals surface area contributed by atoms with Crippen molar-refractivity contribution in [3.05, 3.63) is 120 Å². The molecule has 47 heavy (non-hydrogen) atoms. The van der Waals surface area contributed by atoms with E-state index in [0.29, 0.717) is 19.8 Å². The highest BCUT2D eigenvalue weighted by Gasteiger charge is 2.08. The molecule has 1 heterocycles. The molecule has 0 aliphatic carbocycles. The maximum absolute atomic E-state index is 11.1. The SMILES string of the molecule is C=CC(=O)OCCCCCCOc1ccc(OCc2ccc(-c3ccc(CCC)cc3)cc2/C=N/Nc2nc3ccccc3s2)cc1. The lowest BCUT2D eigenvalue weighted by Gasteiger charge is -2.12. The van der Waals surface area contributed by atoms with E-state index in [1.54, 1.807) is 11.3 Å². The molecule has 4 aromatic carbocycles. The molecule has 0 saturated heterocycles. The van der Waals surface area contributed by atoms with Gasteiger partial charge in [-0.05, 0) is 96.8 Å². The minimum Gasteiger partial charge on any atom is -0.494 e. The first-order valence-corrected chi connectivity index (χ1v) is 16.9. The van der Waals surface area contributed by atoms with Gasteiger partial charge in [0.15, 0.2) is 0 Å². The molecule has 5 rings (SSSR count). The van der Waals surface area contributed by atoms with Crippen LogP contribution in [0, 0.1) is 0 Å². The predicted octanol–water partition coefficient (Wildman–Crippen LogP) is 9.61. The Balaban J connectivity index is 1.18. The molecule has 0 unspecified atom stereocenters. The lowest BCUT2D eigenvalue weighted by atomic mass is 9.98. The highest BCUT2D eigenvalue weighted by atomic mass is 32.1. The van der Waals surface area contributed by atoms with Crippen molar-refractivity contribution in [3.63, 3.8) is 0 Å². The third-order valence-corrected chi connectivity index (χ3v) is 8.51. The number of aromatic nitrogens is 1. The van der Waals surface area contributed by atoms with Gasteiger partial charge in [0.2, 0.25) is 5.13 Å². The van der Waals surface area contributed by atoms with Gasteiger partial charge in [0.25, 0.3) is 0 Å². The fourth-order valence-electron chi connectivity index (χ4n) is 5.03. The summed E-state index contributed by atoms with van der Waals surface area (Å²) in [6, 6.07) is 31.0. The summed E-state index contributed by atoms with van der Waals surface area (Å²) in [6.07, 6.45) is 9.01. The van der Waals surface area contributed by atoms with E-state index in [2.05, 4.69) is 77.5 Å². The number of hydrogen-bond acceptors (Lipinski definition) is 8. The van der Waals surface area contributed by atoms with Crippen molar-refractivity contribution < 1.29 is 19.0 Å². The van der Waals surface area contributed by atoms with Gasteiger partial charge in [-0.25, -0.2) is 9.78 Å². The van der Waals surface area contributed by atoms with E-state index in [-0.39, 0.29) is 5.97 Å². The number of para-hydroxylation sites is 1. The second-order valence-electron chi connectivity index (χ2n) is 11.1. The Morgan fingerprint density at radius 1 is 0.872 bits per heavy atom. The standard InChI is InChI=1S/C39H41N3O4S/c1-3-11-29-14-16-30(17-15-29)31-18-19-32(33(26-31)27-40-42-39-41-36-12-7-8-13-37(36)47-39)28-46-35-22-20-34(21-23-35)44-24-9-5-6-10-25-45-38(43)4-2/h4,7-8,12-23,26-27H,2-3,5-6,9-11,24-25,28H2,1H3,(H,41,42)/b40-27+. The van der Waals surface area contributed by atoms with Gasteiger partial charge in [-0.3, -0.25) is 5.43 Å². The number of anilines is 1. The number of benzene rings is 4. The number of hydrogen-bond donors (Lipinski definition) is 1. The zero-order chi connectivity index (χ0) is 32.7. The first-order valence-electron chi connectivity index (χ1n) is 16.1.